The van der Waals surface area contributed by atoms with Gasteiger partial charge in [0.05, 0.1) is 38.2 Å². The van der Waals surface area contributed by atoms with E-state index in [1.807, 2.05) is 0 Å². The normalized spacial score (nSPS) is 19.5. The lowest BCUT2D eigenvalue weighted by Crippen LogP contribution is -2.32. The first-order valence-corrected chi connectivity index (χ1v) is 9.99. The summed E-state index contributed by atoms with van der Waals surface area (Å²) in [6, 6.07) is 4.12. The Kier molecular flexibility index (Phi) is 6.47. The van der Waals surface area contributed by atoms with Gasteiger partial charge in [0.1, 0.15) is 11.5 Å². The standard InChI is InChI=1S/C17H23NO7S/c1-24-12-3-4-13(15(8-12)25-2)14(9-17(20)21)18-16(19)7-11-5-6-26(22,23)10-11/h3-4,8,11,14H,5-7,9-10H2,1-2H3,(H,18,19)(H,20,21). The van der Waals surface area contributed by atoms with Crippen LogP contribution in [-0.4, -0.2) is 51.1 Å². The number of carboxylic acids is 1. The van der Waals surface area contributed by atoms with Crippen LogP contribution in [0.2, 0.25) is 0 Å². The Bertz CT molecular complexity index is 775. The third-order valence-corrected chi connectivity index (χ3v) is 6.17. The van der Waals surface area contributed by atoms with E-state index >= 15 is 0 Å². The Morgan fingerprint density at radius 3 is 2.58 bits per heavy atom. The first kappa shape index (κ1) is 20.0. The number of ether oxygens (including phenoxy) is 2. The zero-order valence-electron chi connectivity index (χ0n) is 14.7. The third-order valence-electron chi connectivity index (χ3n) is 4.33. The molecule has 9 heteroatoms. The van der Waals surface area contributed by atoms with Gasteiger partial charge in [0.15, 0.2) is 9.84 Å². The Morgan fingerprint density at radius 1 is 1.31 bits per heavy atom. The number of hydrogen-bond acceptors (Lipinski definition) is 6. The van der Waals surface area contributed by atoms with Crippen LogP contribution in [0.4, 0.5) is 0 Å². The molecule has 0 aliphatic carbocycles. The molecule has 1 heterocycles. The smallest absolute Gasteiger partial charge is 0.305 e. The fourth-order valence-electron chi connectivity index (χ4n) is 3.07. The second kappa shape index (κ2) is 8.39. The Balaban J connectivity index is 2.14. The minimum atomic E-state index is -3.07. The van der Waals surface area contributed by atoms with Gasteiger partial charge in [0, 0.05) is 18.1 Å². The summed E-state index contributed by atoms with van der Waals surface area (Å²) in [5, 5.41) is 11.9. The number of carbonyl (C=O) groups excluding carboxylic acids is 1. The Morgan fingerprint density at radius 2 is 2.04 bits per heavy atom. The third kappa shape index (κ3) is 5.35. The predicted molar refractivity (Wildman–Crippen MR) is 94.1 cm³/mol. The van der Waals surface area contributed by atoms with E-state index in [-0.39, 0.29) is 36.2 Å². The molecule has 1 aliphatic heterocycles. The molecule has 1 aromatic rings. The number of carboxylic acid groups (broad SMARTS) is 1. The zero-order chi connectivity index (χ0) is 19.3. The lowest BCUT2D eigenvalue weighted by Gasteiger charge is -2.21. The highest BCUT2D eigenvalue weighted by Crippen LogP contribution is 2.31. The van der Waals surface area contributed by atoms with Crippen LogP contribution in [0, 0.1) is 5.92 Å². The van der Waals surface area contributed by atoms with Crippen LogP contribution in [-0.2, 0) is 19.4 Å². The van der Waals surface area contributed by atoms with Gasteiger partial charge in [-0.2, -0.15) is 0 Å². The summed E-state index contributed by atoms with van der Waals surface area (Å²) < 4.78 is 33.4. The van der Waals surface area contributed by atoms with E-state index < -0.39 is 21.8 Å². The molecule has 26 heavy (non-hydrogen) atoms. The number of benzene rings is 1. The van der Waals surface area contributed by atoms with Crippen LogP contribution >= 0.6 is 0 Å². The molecular formula is C17H23NO7S. The molecule has 1 saturated heterocycles. The minimum Gasteiger partial charge on any atom is -0.497 e. The first-order chi connectivity index (χ1) is 12.2. The maximum Gasteiger partial charge on any atom is 0.305 e. The molecule has 2 N–H and O–H groups in total. The average molecular weight is 385 g/mol. The van der Waals surface area contributed by atoms with Crippen molar-refractivity contribution in [3.63, 3.8) is 0 Å². The summed E-state index contributed by atoms with van der Waals surface area (Å²) in [4.78, 5) is 23.6. The van der Waals surface area contributed by atoms with Crippen molar-refractivity contribution < 1.29 is 32.6 Å². The van der Waals surface area contributed by atoms with Crippen LogP contribution in [0.3, 0.4) is 0 Å². The average Bonchev–Trinajstić information content (AvgIpc) is 2.91. The molecule has 1 aromatic carbocycles. The number of rotatable bonds is 8. The summed E-state index contributed by atoms with van der Waals surface area (Å²) in [5.74, 6) is -0.649. The van der Waals surface area contributed by atoms with Crippen LogP contribution in [0.15, 0.2) is 18.2 Å². The maximum atomic E-state index is 12.3. The molecule has 144 valence electrons. The molecule has 0 radical (unpaired) electrons. The van der Waals surface area contributed by atoms with Crippen molar-refractivity contribution >= 4 is 21.7 Å². The fourth-order valence-corrected chi connectivity index (χ4v) is 4.93. The Labute approximate surface area is 152 Å². The second-order valence-corrected chi connectivity index (χ2v) is 8.53. The van der Waals surface area contributed by atoms with Crippen molar-refractivity contribution in [1.29, 1.82) is 0 Å². The molecule has 0 saturated carbocycles. The first-order valence-electron chi connectivity index (χ1n) is 8.17. The summed E-state index contributed by atoms with van der Waals surface area (Å²) in [5.41, 5.74) is 0.517. The van der Waals surface area contributed by atoms with Crippen LogP contribution in [0.25, 0.3) is 0 Å². The highest BCUT2D eigenvalue weighted by molar-refractivity contribution is 7.91. The van der Waals surface area contributed by atoms with Crippen LogP contribution in [0.5, 0.6) is 11.5 Å². The van der Waals surface area contributed by atoms with Crippen molar-refractivity contribution in [3.05, 3.63) is 23.8 Å². The van der Waals surface area contributed by atoms with E-state index in [0.29, 0.717) is 23.5 Å². The lowest BCUT2D eigenvalue weighted by molar-refractivity contribution is -0.137. The molecule has 0 aromatic heterocycles. The summed E-state index contributed by atoms with van der Waals surface area (Å²) in [7, 11) is -0.121. The maximum absolute atomic E-state index is 12.3. The van der Waals surface area contributed by atoms with E-state index in [1.54, 1.807) is 18.2 Å². The monoisotopic (exact) mass is 385 g/mol. The SMILES string of the molecule is COc1ccc(C(CC(=O)O)NC(=O)CC2CCS(=O)(=O)C2)c(OC)c1. The van der Waals surface area contributed by atoms with E-state index in [0.717, 1.165) is 0 Å². The quantitative estimate of drug-likeness (QED) is 0.689. The number of sulfone groups is 1. The van der Waals surface area contributed by atoms with Gasteiger partial charge in [-0.25, -0.2) is 8.42 Å². The van der Waals surface area contributed by atoms with Gasteiger partial charge in [-0.3, -0.25) is 9.59 Å². The topological polar surface area (TPSA) is 119 Å². The number of carbonyl (C=O) groups is 2. The highest BCUT2D eigenvalue weighted by atomic mass is 32.2. The highest BCUT2D eigenvalue weighted by Gasteiger charge is 2.30. The van der Waals surface area contributed by atoms with E-state index in [9.17, 15) is 23.1 Å². The number of aliphatic carboxylic acids is 1. The van der Waals surface area contributed by atoms with Gasteiger partial charge in [-0.05, 0) is 24.5 Å². The lowest BCUT2D eigenvalue weighted by atomic mass is 10.00. The number of nitrogens with one attached hydrogen (secondary N) is 1. The number of methoxy groups -OCH3 is 2. The van der Waals surface area contributed by atoms with Gasteiger partial charge in [-0.15, -0.1) is 0 Å². The van der Waals surface area contributed by atoms with Gasteiger partial charge >= 0.3 is 5.97 Å². The van der Waals surface area contributed by atoms with E-state index in [1.165, 1.54) is 14.2 Å². The van der Waals surface area contributed by atoms with Crippen molar-refractivity contribution in [2.24, 2.45) is 5.92 Å². The number of amides is 1. The molecule has 1 fully saturated rings. The molecular weight excluding hydrogens is 362 g/mol. The molecule has 0 spiro atoms. The van der Waals surface area contributed by atoms with Gasteiger partial charge in [-0.1, -0.05) is 0 Å². The largest absolute Gasteiger partial charge is 0.497 e. The van der Waals surface area contributed by atoms with Crippen LogP contribution in [0.1, 0.15) is 30.9 Å². The van der Waals surface area contributed by atoms with Gasteiger partial charge in [0.25, 0.3) is 0 Å². The van der Waals surface area contributed by atoms with Crippen molar-refractivity contribution in [3.8, 4) is 11.5 Å². The van der Waals surface area contributed by atoms with Crippen LogP contribution < -0.4 is 14.8 Å². The summed E-state index contributed by atoms with van der Waals surface area (Å²) >= 11 is 0. The van der Waals surface area contributed by atoms with Crippen molar-refractivity contribution in [2.45, 2.75) is 25.3 Å². The minimum absolute atomic E-state index is 0.00409. The van der Waals surface area contributed by atoms with Crippen molar-refractivity contribution in [2.75, 3.05) is 25.7 Å². The molecule has 2 atom stereocenters. The molecule has 1 amide bonds. The second-order valence-electron chi connectivity index (χ2n) is 6.30. The van der Waals surface area contributed by atoms with E-state index in [2.05, 4.69) is 5.32 Å². The van der Waals surface area contributed by atoms with E-state index in [4.69, 9.17) is 9.47 Å². The zero-order valence-corrected chi connectivity index (χ0v) is 15.5. The summed E-state index contributed by atoms with van der Waals surface area (Å²) in [6.45, 7) is 0. The number of hydrogen-bond donors (Lipinski definition) is 2. The van der Waals surface area contributed by atoms with Gasteiger partial charge in [0.2, 0.25) is 5.91 Å². The summed E-state index contributed by atoms with van der Waals surface area (Å²) in [6.07, 6.45) is 0.177. The Hall–Kier alpha value is -2.29. The van der Waals surface area contributed by atoms with Gasteiger partial charge < -0.3 is 19.9 Å². The molecule has 8 nitrogen and oxygen atoms in total. The predicted octanol–water partition coefficient (Wildman–Crippen LogP) is 1.16. The molecule has 2 unspecified atom stereocenters. The molecule has 0 bridgehead atoms. The van der Waals surface area contributed by atoms with Crippen molar-refractivity contribution in [1.82, 2.24) is 5.32 Å². The molecule has 1 aliphatic rings. The molecule has 2 rings (SSSR count). The fraction of sp³-hybridized carbons (Fsp3) is 0.529.